The summed E-state index contributed by atoms with van der Waals surface area (Å²) < 4.78 is 0. The molecule has 3 N–H and O–H groups in total. The smallest absolute Gasteiger partial charge is 0.253 e. The molecule has 0 aromatic carbocycles. The molecule has 0 saturated carbocycles. The molecule has 6 heteroatoms. The predicted molar refractivity (Wildman–Crippen MR) is 66.2 cm³/mol. The summed E-state index contributed by atoms with van der Waals surface area (Å²) in [5, 5.41) is 28.9. The molecule has 100 valence electrons. The molecule has 1 aromatic heterocycles. The van der Waals surface area contributed by atoms with Crippen LogP contribution in [0.2, 0.25) is 0 Å². The minimum atomic E-state index is -1.32. The summed E-state index contributed by atoms with van der Waals surface area (Å²) in [4.78, 5) is 12.0. The largest absolute Gasteiger partial charge is 0.393 e. The highest BCUT2D eigenvalue weighted by Crippen LogP contribution is 2.08. The Morgan fingerprint density at radius 1 is 1.50 bits per heavy atom. The van der Waals surface area contributed by atoms with Crippen LogP contribution in [0.25, 0.3) is 0 Å². The maximum absolute atomic E-state index is 12.0. The average molecular weight is 253 g/mol. The van der Waals surface area contributed by atoms with Crippen LogP contribution in [0, 0.1) is 6.92 Å². The van der Waals surface area contributed by atoms with Gasteiger partial charge in [-0.1, -0.05) is 6.92 Å². The van der Waals surface area contributed by atoms with E-state index in [4.69, 9.17) is 5.11 Å². The van der Waals surface area contributed by atoms with Crippen molar-refractivity contribution in [2.24, 2.45) is 0 Å². The topological polar surface area (TPSA) is 95.3 Å². The van der Waals surface area contributed by atoms with Gasteiger partial charge in [0.25, 0.3) is 5.91 Å². The number of nitrogens with zero attached hydrogens (tertiary/aromatic N) is 2. The van der Waals surface area contributed by atoms with Crippen LogP contribution in [0.5, 0.6) is 0 Å². The van der Waals surface area contributed by atoms with E-state index in [1.54, 1.807) is 13.0 Å². The van der Waals surface area contributed by atoms with Crippen LogP contribution in [0.4, 0.5) is 0 Å². The number of aliphatic hydroxyl groups excluding tert-OH is 1. The van der Waals surface area contributed by atoms with E-state index in [-0.39, 0.29) is 12.5 Å². The van der Waals surface area contributed by atoms with E-state index < -0.39 is 12.2 Å². The van der Waals surface area contributed by atoms with Gasteiger partial charge in [0.1, 0.15) is 5.60 Å². The number of hydrogen-bond donors (Lipinski definition) is 3. The minimum absolute atomic E-state index is 0.0210. The molecule has 0 aliphatic heterocycles. The van der Waals surface area contributed by atoms with Crippen LogP contribution in [-0.4, -0.2) is 45.1 Å². The van der Waals surface area contributed by atoms with Crippen LogP contribution < -0.4 is 5.32 Å². The average Bonchev–Trinajstić information content (AvgIpc) is 2.36. The molecule has 0 aliphatic rings. The normalized spacial score (nSPS) is 14.1. The third kappa shape index (κ3) is 3.75. The Balaban J connectivity index is 2.81. The zero-order valence-electron chi connectivity index (χ0n) is 10.9. The molecule has 0 spiro atoms. The lowest BCUT2D eigenvalue weighted by Crippen LogP contribution is -2.43. The number of aliphatic hydroxyl groups is 2. The first-order valence-corrected chi connectivity index (χ1v) is 5.84. The minimum Gasteiger partial charge on any atom is -0.393 e. The summed E-state index contributed by atoms with van der Waals surface area (Å²) in [5.74, 6) is -0.321. The lowest BCUT2D eigenvalue weighted by molar-refractivity contribution is 0.00319. The monoisotopic (exact) mass is 253 g/mol. The third-order valence-electron chi connectivity index (χ3n) is 2.54. The molecule has 0 radical (unpaired) electrons. The van der Waals surface area contributed by atoms with Gasteiger partial charge >= 0.3 is 0 Å². The molecule has 18 heavy (non-hydrogen) atoms. The predicted octanol–water partition coefficient (Wildman–Crippen LogP) is -0.179. The van der Waals surface area contributed by atoms with E-state index in [2.05, 4.69) is 15.5 Å². The maximum Gasteiger partial charge on any atom is 0.253 e. The van der Waals surface area contributed by atoms with Crippen LogP contribution in [0.15, 0.2) is 6.07 Å². The summed E-state index contributed by atoms with van der Waals surface area (Å²) in [6, 6.07) is 1.66. The van der Waals surface area contributed by atoms with Gasteiger partial charge < -0.3 is 15.5 Å². The molecule has 0 saturated heterocycles. The molecule has 0 aliphatic carbocycles. The van der Waals surface area contributed by atoms with Crippen molar-refractivity contribution in [1.29, 1.82) is 0 Å². The van der Waals surface area contributed by atoms with Gasteiger partial charge in [-0.05, 0) is 26.3 Å². The van der Waals surface area contributed by atoms with Crippen LogP contribution in [0.1, 0.15) is 35.6 Å². The number of carbonyl (C=O) groups excluding carboxylic acids is 1. The zero-order valence-corrected chi connectivity index (χ0v) is 10.9. The molecule has 1 amide bonds. The van der Waals surface area contributed by atoms with Crippen molar-refractivity contribution in [2.45, 2.75) is 32.8 Å². The third-order valence-corrected chi connectivity index (χ3v) is 2.54. The number of carbonyl (C=O) groups is 1. The maximum atomic E-state index is 12.0. The van der Waals surface area contributed by atoms with E-state index in [0.29, 0.717) is 23.4 Å². The number of aromatic nitrogens is 2. The number of amides is 1. The summed E-state index contributed by atoms with van der Waals surface area (Å²) in [7, 11) is 0. The van der Waals surface area contributed by atoms with E-state index in [9.17, 15) is 9.90 Å². The fraction of sp³-hybridized carbons (Fsp3) is 0.583. The standard InChI is InChI=1S/C12H19N3O3/c1-4-10-9(5-8(2)14-15-10)11(17)13-6-12(3,18)7-16/h5,16,18H,4,6-7H2,1-3H3,(H,13,17). The van der Waals surface area contributed by atoms with Crippen molar-refractivity contribution in [3.63, 3.8) is 0 Å². The highest BCUT2D eigenvalue weighted by atomic mass is 16.3. The van der Waals surface area contributed by atoms with Crippen LogP contribution >= 0.6 is 0 Å². The Kier molecular flexibility index (Phi) is 4.75. The Morgan fingerprint density at radius 2 is 2.17 bits per heavy atom. The van der Waals surface area contributed by atoms with Gasteiger partial charge in [-0.3, -0.25) is 4.79 Å². The first-order chi connectivity index (χ1) is 8.39. The van der Waals surface area contributed by atoms with Gasteiger partial charge in [0.15, 0.2) is 0 Å². The summed E-state index contributed by atoms with van der Waals surface area (Å²) >= 11 is 0. The van der Waals surface area contributed by atoms with Crippen molar-refractivity contribution in [3.05, 3.63) is 23.0 Å². The molecule has 1 atom stereocenters. The Hall–Kier alpha value is -1.53. The van der Waals surface area contributed by atoms with Crippen LogP contribution in [0.3, 0.4) is 0 Å². The highest BCUT2D eigenvalue weighted by molar-refractivity contribution is 5.95. The van der Waals surface area contributed by atoms with Crippen molar-refractivity contribution in [3.8, 4) is 0 Å². The quantitative estimate of drug-likeness (QED) is 0.676. The summed E-state index contributed by atoms with van der Waals surface area (Å²) in [6.07, 6.45) is 0.604. The van der Waals surface area contributed by atoms with Gasteiger partial charge in [-0.15, -0.1) is 0 Å². The molecule has 1 aromatic rings. The molecular weight excluding hydrogens is 234 g/mol. The molecule has 0 bridgehead atoms. The van der Waals surface area contributed by atoms with E-state index >= 15 is 0 Å². The Morgan fingerprint density at radius 3 is 2.72 bits per heavy atom. The summed E-state index contributed by atoms with van der Waals surface area (Å²) in [5.41, 5.74) is 0.407. The SMILES string of the molecule is CCc1nnc(C)cc1C(=O)NCC(C)(O)CO. The molecular formula is C12H19N3O3. The second-order valence-corrected chi connectivity index (χ2v) is 4.54. The molecule has 1 unspecified atom stereocenters. The van der Waals surface area contributed by atoms with Gasteiger partial charge in [0.2, 0.25) is 0 Å². The van der Waals surface area contributed by atoms with E-state index in [1.807, 2.05) is 6.92 Å². The van der Waals surface area contributed by atoms with Gasteiger partial charge in [-0.25, -0.2) is 0 Å². The molecule has 6 nitrogen and oxygen atoms in total. The molecule has 0 fully saturated rings. The lowest BCUT2D eigenvalue weighted by Gasteiger charge is -2.20. The fourth-order valence-electron chi connectivity index (χ4n) is 1.39. The number of hydrogen-bond acceptors (Lipinski definition) is 5. The van der Waals surface area contributed by atoms with Crippen molar-refractivity contribution >= 4 is 5.91 Å². The Bertz CT molecular complexity index is 433. The van der Waals surface area contributed by atoms with Crippen LogP contribution in [-0.2, 0) is 6.42 Å². The zero-order chi connectivity index (χ0) is 13.8. The highest BCUT2D eigenvalue weighted by Gasteiger charge is 2.21. The van der Waals surface area contributed by atoms with Gasteiger partial charge in [0.05, 0.1) is 23.6 Å². The van der Waals surface area contributed by atoms with Gasteiger partial charge in [0, 0.05) is 6.54 Å². The summed E-state index contributed by atoms with van der Waals surface area (Å²) in [6.45, 7) is 4.66. The number of rotatable bonds is 5. The number of nitrogens with one attached hydrogen (secondary N) is 1. The van der Waals surface area contributed by atoms with E-state index in [0.717, 1.165) is 0 Å². The van der Waals surface area contributed by atoms with Crippen molar-refractivity contribution in [2.75, 3.05) is 13.2 Å². The first-order valence-electron chi connectivity index (χ1n) is 5.84. The van der Waals surface area contributed by atoms with E-state index in [1.165, 1.54) is 6.92 Å². The number of aryl methyl sites for hydroxylation is 2. The second-order valence-electron chi connectivity index (χ2n) is 4.54. The van der Waals surface area contributed by atoms with Crippen molar-refractivity contribution < 1.29 is 15.0 Å². The first kappa shape index (κ1) is 14.5. The van der Waals surface area contributed by atoms with Gasteiger partial charge in [-0.2, -0.15) is 10.2 Å². The lowest BCUT2D eigenvalue weighted by atomic mass is 10.1. The second kappa shape index (κ2) is 5.88. The van der Waals surface area contributed by atoms with Crippen molar-refractivity contribution in [1.82, 2.24) is 15.5 Å². The molecule has 1 heterocycles. The molecule has 1 rings (SSSR count). The fourth-order valence-corrected chi connectivity index (χ4v) is 1.39. The Labute approximate surface area is 106 Å².